The lowest BCUT2D eigenvalue weighted by atomic mass is 10.2. The molecule has 9 nitrogen and oxygen atoms in total. The van der Waals surface area contributed by atoms with Gasteiger partial charge in [-0.15, -0.1) is 0 Å². The normalized spacial score (nSPS) is 10.8. The topological polar surface area (TPSA) is 109 Å². The van der Waals surface area contributed by atoms with Crippen LogP contribution in [0.2, 0.25) is 5.02 Å². The van der Waals surface area contributed by atoms with Crippen molar-refractivity contribution in [1.82, 2.24) is 19.9 Å². The van der Waals surface area contributed by atoms with Crippen LogP contribution < -0.4 is 4.74 Å². The Labute approximate surface area is 177 Å². The van der Waals surface area contributed by atoms with Gasteiger partial charge in [-0.05, 0) is 36.4 Å². The molecule has 0 aliphatic rings. The van der Waals surface area contributed by atoms with E-state index in [1.165, 1.54) is 12.1 Å². The first-order valence-corrected chi connectivity index (χ1v) is 9.37. The molecule has 0 saturated carbocycles. The summed E-state index contributed by atoms with van der Waals surface area (Å²) >= 11 is 9.47. The fourth-order valence-corrected chi connectivity index (χ4v) is 3.18. The summed E-state index contributed by atoms with van der Waals surface area (Å²) in [6.07, 6.45) is 1.71. The van der Waals surface area contributed by atoms with Crippen molar-refractivity contribution < 1.29 is 14.2 Å². The summed E-state index contributed by atoms with van der Waals surface area (Å²) < 4.78 is 13.3. The number of benzene rings is 2. The number of nitrogens with zero attached hydrogens (tertiary/aromatic N) is 5. The minimum absolute atomic E-state index is 0.0120. The van der Waals surface area contributed by atoms with Crippen molar-refractivity contribution in [2.24, 2.45) is 0 Å². The van der Waals surface area contributed by atoms with Crippen LogP contribution >= 0.6 is 27.5 Å². The van der Waals surface area contributed by atoms with Crippen LogP contribution in [0.5, 0.6) is 5.75 Å². The Morgan fingerprint density at radius 1 is 1.21 bits per heavy atom. The molecule has 0 amide bonds. The Hall–Kier alpha value is -3.24. The maximum absolute atomic E-state index is 10.7. The average Bonchev–Trinajstić information content (AvgIpc) is 3.37. The highest BCUT2D eigenvalue weighted by molar-refractivity contribution is 9.10. The van der Waals surface area contributed by atoms with Crippen LogP contribution in [0.25, 0.3) is 23.0 Å². The maximum atomic E-state index is 10.7. The predicted octanol–water partition coefficient (Wildman–Crippen LogP) is 4.96. The molecule has 0 atom stereocenters. The second-order valence-corrected chi connectivity index (χ2v) is 7.14. The molecular weight excluding hydrogens is 466 g/mol. The van der Waals surface area contributed by atoms with Crippen molar-refractivity contribution in [3.63, 3.8) is 0 Å². The highest BCUT2D eigenvalue weighted by atomic mass is 79.9. The molecule has 0 spiro atoms. The first-order chi connectivity index (χ1) is 14.0. The van der Waals surface area contributed by atoms with Gasteiger partial charge in [0.2, 0.25) is 5.82 Å². The van der Waals surface area contributed by atoms with Crippen LogP contribution in [0, 0.1) is 10.1 Å². The van der Waals surface area contributed by atoms with E-state index in [1.54, 1.807) is 41.2 Å². The molecule has 2 heterocycles. The van der Waals surface area contributed by atoms with Gasteiger partial charge in [0.05, 0.1) is 9.95 Å². The highest BCUT2D eigenvalue weighted by Gasteiger charge is 2.14. The zero-order chi connectivity index (χ0) is 20.4. The SMILES string of the molecule is O=[N+]([O-])c1ccc(-c2noc(-c3ccn(COc4ccc(Br)cc4Cl)n3)n2)cc1. The third-order valence-electron chi connectivity index (χ3n) is 3.87. The van der Waals surface area contributed by atoms with Crippen LogP contribution in [0.1, 0.15) is 0 Å². The maximum Gasteiger partial charge on any atom is 0.278 e. The first-order valence-electron chi connectivity index (χ1n) is 8.20. The molecule has 2 aromatic carbocycles. The minimum atomic E-state index is -0.471. The Morgan fingerprint density at radius 3 is 2.72 bits per heavy atom. The Morgan fingerprint density at radius 2 is 2.00 bits per heavy atom. The van der Waals surface area contributed by atoms with E-state index in [9.17, 15) is 10.1 Å². The van der Waals surface area contributed by atoms with Gasteiger partial charge in [-0.3, -0.25) is 10.1 Å². The fraction of sp³-hybridized carbons (Fsp3) is 0.0556. The molecule has 29 heavy (non-hydrogen) atoms. The molecule has 0 N–H and O–H groups in total. The molecule has 0 aliphatic carbocycles. The van der Waals surface area contributed by atoms with Crippen molar-refractivity contribution in [2.75, 3.05) is 0 Å². The fourth-order valence-electron chi connectivity index (χ4n) is 2.45. The smallest absolute Gasteiger partial charge is 0.278 e. The van der Waals surface area contributed by atoms with Gasteiger partial charge in [-0.25, -0.2) is 4.68 Å². The Balaban J connectivity index is 1.46. The molecular formula is C18H11BrClN5O4. The van der Waals surface area contributed by atoms with E-state index >= 15 is 0 Å². The van der Waals surface area contributed by atoms with Gasteiger partial charge in [-0.2, -0.15) is 10.1 Å². The third-order valence-corrected chi connectivity index (χ3v) is 4.66. The number of rotatable bonds is 6. The number of non-ortho nitro benzene ring substituents is 1. The largest absolute Gasteiger partial charge is 0.470 e. The molecule has 0 bridgehead atoms. The van der Waals surface area contributed by atoms with E-state index in [4.69, 9.17) is 20.9 Å². The van der Waals surface area contributed by atoms with Crippen LogP contribution in [-0.2, 0) is 6.73 Å². The molecule has 2 aromatic heterocycles. The molecule has 0 saturated heterocycles. The number of nitro benzene ring substituents is 1. The number of aromatic nitrogens is 4. The Bertz CT molecular complexity index is 1180. The molecule has 4 rings (SSSR count). The van der Waals surface area contributed by atoms with Crippen LogP contribution in [-0.4, -0.2) is 24.8 Å². The number of hydrogen-bond acceptors (Lipinski definition) is 7. The van der Waals surface area contributed by atoms with E-state index in [-0.39, 0.29) is 18.3 Å². The second kappa shape index (κ2) is 8.02. The van der Waals surface area contributed by atoms with Gasteiger partial charge in [0, 0.05) is 28.4 Å². The van der Waals surface area contributed by atoms with E-state index in [2.05, 4.69) is 31.2 Å². The van der Waals surface area contributed by atoms with Gasteiger partial charge < -0.3 is 9.26 Å². The van der Waals surface area contributed by atoms with E-state index in [1.807, 2.05) is 6.07 Å². The van der Waals surface area contributed by atoms with Gasteiger partial charge in [0.15, 0.2) is 12.4 Å². The second-order valence-electron chi connectivity index (χ2n) is 5.82. The summed E-state index contributed by atoms with van der Waals surface area (Å²) in [5, 5.41) is 19.5. The van der Waals surface area contributed by atoms with Gasteiger partial charge >= 0.3 is 0 Å². The summed E-state index contributed by atoms with van der Waals surface area (Å²) in [6.45, 7) is 0.144. The minimum Gasteiger partial charge on any atom is -0.470 e. The summed E-state index contributed by atoms with van der Waals surface area (Å²) in [5.41, 5.74) is 1.05. The van der Waals surface area contributed by atoms with Crippen LogP contribution in [0.15, 0.2) is 63.7 Å². The predicted molar refractivity (Wildman–Crippen MR) is 107 cm³/mol. The standard InChI is InChI=1S/C18H11BrClN5O4/c19-12-3-6-16(14(20)9-12)28-10-24-8-7-15(22-24)18-21-17(23-29-18)11-1-4-13(5-2-11)25(26)27/h1-9H,10H2. The number of ether oxygens (including phenoxy) is 1. The third kappa shape index (κ3) is 4.28. The van der Waals surface area contributed by atoms with Crippen LogP contribution in [0.4, 0.5) is 5.69 Å². The van der Waals surface area contributed by atoms with E-state index < -0.39 is 4.92 Å². The van der Waals surface area contributed by atoms with Gasteiger partial charge in [0.1, 0.15) is 5.75 Å². The monoisotopic (exact) mass is 475 g/mol. The quantitative estimate of drug-likeness (QED) is 0.286. The van der Waals surface area contributed by atoms with Crippen molar-refractivity contribution in [3.8, 4) is 28.7 Å². The van der Waals surface area contributed by atoms with Crippen molar-refractivity contribution in [2.45, 2.75) is 6.73 Å². The zero-order valence-corrected chi connectivity index (χ0v) is 16.9. The first kappa shape index (κ1) is 19.1. The average molecular weight is 477 g/mol. The van der Waals surface area contributed by atoms with Crippen molar-refractivity contribution >= 4 is 33.2 Å². The number of halogens is 2. The lowest BCUT2D eigenvalue weighted by Crippen LogP contribution is -2.06. The van der Waals surface area contributed by atoms with Crippen molar-refractivity contribution in [3.05, 3.63) is 74.3 Å². The lowest BCUT2D eigenvalue weighted by molar-refractivity contribution is -0.384. The van der Waals surface area contributed by atoms with Gasteiger partial charge in [-0.1, -0.05) is 32.7 Å². The number of nitro groups is 1. The highest BCUT2D eigenvalue weighted by Crippen LogP contribution is 2.28. The van der Waals surface area contributed by atoms with Gasteiger partial charge in [0.25, 0.3) is 11.6 Å². The lowest BCUT2D eigenvalue weighted by Gasteiger charge is -2.08. The summed E-state index contributed by atoms with van der Waals surface area (Å²) in [6, 6.07) is 12.9. The van der Waals surface area contributed by atoms with E-state index in [0.717, 1.165) is 4.47 Å². The summed E-state index contributed by atoms with van der Waals surface area (Å²) in [4.78, 5) is 14.6. The molecule has 0 fully saturated rings. The molecule has 0 aliphatic heterocycles. The van der Waals surface area contributed by atoms with Crippen molar-refractivity contribution in [1.29, 1.82) is 0 Å². The Kier molecular flexibility index (Phi) is 5.28. The van der Waals surface area contributed by atoms with E-state index in [0.29, 0.717) is 27.9 Å². The molecule has 4 aromatic rings. The summed E-state index contributed by atoms with van der Waals surface area (Å²) in [7, 11) is 0. The number of hydrogen-bond donors (Lipinski definition) is 0. The zero-order valence-electron chi connectivity index (χ0n) is 14.5. The molecule has 11 heteroatoms. The molecule has 146 valence electrons. The van der Waals surface area contributed by atoms with Crippen LogP contribution in [0.3, 0.4) is 0 Å². The molecule has 0 radical (unpaired) electrons. The molecule has 0 unspecified atom stereocenters. The summed E-state index contributed by atoms with van der Waals surface area (Å²) in [5.74, 6) is 1.06.